The molecule has 0 bridgehead atoms. The third-order valence-electron chi connectivity index (χ3n) is 2.04. The first-order valence-electron chi connectivity index (χ1n) is 4.15. The number of aldehydes is 1. The molecule has 0 aromatic heterocycles. The molecule has 0 aliphatic heterocycles. The number of carbonyl (C=O) groups excluding carboxylic acids is 1. The Balaban J connectivity index is 3.19. The number of nitrogens with one attached hydrogen (secondary N) is 1. The first-order chi connectivity index (χ1) is 6.56. The van der Waals surface area contributed by atoms with Crippen LogP contribution in [0.4, 0.5) is 10.1 Å². The lowest BCUT2D eigenvalue weighted by Crippen LogP contribution is -2.02. The minimum absolute atomic E-state index is 0.0381. The number of anilines is 1. The molecule has 1 unspecified atom stereocenters. The van der Waals surface area contributed by atoms with Crippen LogP contribution in [0.2, 0.25) is 0 Å². The molecule has 0 spiro atoms. The number of nitrogens with two attached hydrogens (primary N) is 1. The second-order valence-electron chi connectivity index (χ2n) is 3.09. The maximum Gasteiger partial charge on any atom is 0.214 e. The van der Waals surface area contributed by atoms with E-state index in [0.717, 1.165) is 6.29 Å². The van der Waals surface area contributed by atoms with Gasteiger partial charge >= 0.3 is 0 Å². The van der Waals surface area contributed by atoms with Gasteiger partial charge in [0.05, 0.1) is 5.56 Å². The molecule has 0 amide bonds. The van der Waals surface area contributed by atoms with Gasteiger partial charge in [-0.1, -0.05) is 13.0 Å². The van der Waals surface area contributed by atoms with Crippen molar-refractivity contribution in [3.63, 3.8) is 0 Å². The van der Waals surface area contributed by atoms with Crippen LogP contribution in [0.15, 0.2) is 18.2 Å². The van der Waals surface area contributed by atoms with Crippen molar-refractivity contribution < 1.29 is 9.18 Å². The number of hydrogen-bond acceptors (Lipinski definition) is 3. The van der Waals surface area contributed by atoms with Crippen molar-refractivity contribution in [1.82, 2.24) is 0 Å². The van der Waals surface area contributed by atoms with Gasteiger partial charge in [0.1, 0.15) is 6.29 Å². The van der Waals surface area contributed by atoms with Gasteiger partial charge in [-0.05, 0) is 17.7 Å². The van der Waals surface area contributed by atoms with E-state index in [0.29, 0.717) is 5.56 Å². The molecule has 1 rings (SSSR count). The Morgan fingerprint density at radius 2 is 2.29 bits per heavy atom. The van der Waals surface area contributed by atoms with E-state index in [2.05, 4.69) is 0 Å². The summed E-state index contributed by atoms with van der Waals surface area (Å²) in [5, 5.41) is 6.84. The van der Waals surface area contributed by atoms with E-state index < -0.39 is 5.97 Å². The smallest absolute Gasteiger partial charge is 0.214 e. The Morgan fingerprint density at radius 3 is 2.79 bits per heavy atom. The number of rotatable bonds is 3. The number of benzene rings is 1. The molecule has 14 heavy (non-hydrogen) atoms. The monoisotopic (exact) mass is 194 g/mol. The summed E-state index contributed by atoms with van der Waals surface area (Å²) < 4.78 is 12.7. The quantitative estimate of drug-likeness (QED) is 0.438. The minimum Gasteiger partial charge on any atom is -0.398 e. The fraction of sp³-hybridized carbons (Fsp3) is 0.200. The van der Waals surface area contributed by atoms with Gasteiger partial charge < -0.3 is 10.5 Å². The Morgan fingerprint density at radius 1 is 1.64 bits per heavy atom. The van der Waals surface area contributed by atoms with Gasteiger partial charge in [-0.3, -0.25) is 5.41 Å². The second-order valence-corrected chi connectivity index (χ2v) is 3.09. The molecular weight excluding hydrogens is 183 g/mol. The highest BCUT2D eigenvalue weighted by molar-refractivity contribution is 5.96. The van der Waals surface area contributed by atoms with Crippen LogP contribution in [0, 0.1) is 5.41 Å². The fourth-order valence-corrected chi connectivity index (χ4v) is 1.13. The summed E-state index contributed by atoms with van der Waals surface area (Å²) in [5.74, 6) is -1.39. The van der Waals surface area contributed by atoms with Crippen LogP contribution in [0.3, 0.4) is 0 Å². The zero-order valence-electron chi connectivity index (χ0n) is 7.75. The molecule has 1 aromatic rings. The molecule has 0 fully saturated rings. The number of carbonyl (C=O) groups is 1. The van der Waals surface area contributed by atoms with E-state index in [4.69, 9.17) is 11.1 Å². The molecular formula is C10H11FN2O. The molecule has 0 aliphatic carbocycles. The summed E-state index contributed by atoms with van der Waals surface area (Å²) in [5.41, 5.74) is 6.37. The number of nitrogen functional groups attached to an aromatic ring is 1. The molecule has 0 heterocycles. The lowest BCUT2D eigenvalue weighted by molar-refractivity contribution is -0.108. The average Bonchev–Trinajstić information content (AvgIpc) is 2.17. The third-order valence-corrected chi connectivity index (χ3v) is 2.04. The summed E-state index contributed by atoms with van der Waals surface area (Å²) in [6.07, 6.45) is 0.761. The second kappa shape index (κ2) is 4.00. The molecule has 3 nitrogen and oxygen atoms in total. The highest BCUT2D eigenvalue weighted by Gasteiger charge is 2.09. The molecule has 0 radical (unpaired) electrons. The van der Waals surface area contributed by atoms with E-state index in [9.17, 15) is 9.18 Å². The minimum atomic E-state index is -1.08. The summed E-state index contributed by atoms with van der Waals surface area (Å²) in [6.45, 7) is 1.70. The summed E-state index contributed by atoms with van der Waals surface area (Å²) >= 11 is 0. The summed E-state index contributed by atoms with van der Waals surface area (Å²) in [4.78, 5) is 10.5. The van der Waals surface area contributed by atoms with Gasteiger partial charge in [0.15, 0.2) is 0 Å². The molecule has 3 N–H and O–H groups in total. The largest absolute Gasteiger partial charge is 0.398 e. The van der Waals surface area contributed by atoms with E-state index in [-0.39, 0.29) is 17.2 Å². The first kappa shape index (κ1) is 10.4. The van der Waals surface area contributed by atoms with E-state index in [1.165, 1.54) is 12.1 Å². The van der Waals surface area contributed by atoms with Gasteiger partial charge in [0.2, 0.25) is 5.97 Å². The SMILES string of the molecule is CC(C=O)c1ccc(N)c(C(=N)F)c1. The molecule has 0 saturated carbocycles. The van der Waals surface area contributed by atoms with Crippen molar-refractivity contribution >= 4 is 17.9 Å². The van der Waals surface area contributed by atoms with Crippen LogP contribution in [0.25, 0.3) is 0 Å². The number of halogens is 1. The van der Waals surface area contributed by atoms with Crippen molar-refractivity contribution in [2.45, 2.75) is 12.8 Å². The van der Waals surface area contributed by atoms with Crippen molar-refractivity contribution in [2.75, 3.05) is 5.73 Å². The fourth-order valence-electron chi connectivity index (χ4n) is 1.13. The van der Waals surface area contributed by atoms with Crippen molar-refractivity contribution in [2.24, 2.45) is 0 Å². The molecule has 4 heteroatoms. The van der Waals surface area contributed by atoms with Crippen LogP contribution in [0.5, 0.6) is 0 Å². The molecule has 74 valence electrons. The highest BCUT2D eigenvalue weighted by Crippen LogP contribution is 2.20. The normalized spacial score (nSPS) is 12.1. The zero-order chi connectivity index (χ0) is 10.7. The molecule has 1 aromatic carbocycles. The van der Waals surface area contributed by atoms with E-state index in [1.54, 1.807) is 13.0 Å². The predicted molar refractivity (Wildman–Crippen MR) is 53.3 cm³/mol. The first-order valence-corrected chi connectivity index (χ1v) is 4.15. The summed E-state index contributed by atoms with van der Waals surface area (Å²) in [6, 6.07) is 4.58. The maximum atomic E-state index is 12.7. The lowest BCUT2D eigenvalue weighted by Gasteiger charge is -2.07. The topological polar surface area (TPSA) is 66.9 Å². The van der Waals surface area contributed by atoms with Crippen LogP contribution < -0.4 is 5.73 Å². The average molecular weight is 194 g/mol. The Hall–Kier alpha value is -1.71. The molecule has 0 aliphatic rings. The number of hydrogen-bond donors (Lipinski definition) is 2. The maximum absolute atomic E-state index is 12.7. The van der Waals surface area contributed by atoms with Crippen LogP contribution in [-0.2, 0) is 4.79 Å². The summed E-state index contributed by atoms with van der Waals surface area (Å²) in [7, 11) is 0. The van der Waals surface area contributed by atoms with Gasteiger partial charge in [0.25, 0.3) is 0 Å². The predicted octanol–water partition coefficient (Wildman–Crippen LogP) is 1.87. The van der Waals surface area contributed by atoms with Gasteiger partial charge in [-0.15, -0.1) is 0 Å². The van der Waals surface area contributed by atoms with Crippen molar-refractivity contribution in [3.8, 4) is 0 Å². The van der Waals surface area contributed by atoms with Gasteiger partial charge in [0, 0.05) is 11.6 Å². The Kier molecular flexibility index (Phi) is 2.96. The van der Waals surface area contributed by atoms with Gasteiger partial charge in [-0.2, -0.15) is 4.39 Å². The van der Waals surface area contributed by atoms with E-state index in [1.807, 2.05) is 0 Å². The standard InChI is InChI=1S/C10H11FN2O/c1-6(5-14)7-2-3-9(12)8(4-7)10(11)13/h2-6,13H,12H2,1H3. The lowest BCUT2D eigenvalue weighted by atomic mass is 9.99. The Bertz CT molecular complexity index is 376. The van der Waals surface area contributed by atoms with Crippen LogP contribution in [-0.4, -0.2) is 12.3 Å². The van der Waals surface area contributed by atoms with Crippen molar-refractivity contribution in [3.05, 3.63) is 29.3 Å². The third kappa shape index (κ3) is 1.96. The molecule has 1 atom stereocenters. The van der Waals surface area contributed by atoms with Gasteiger partial charge in [-0.25, -0.2) is 0 Å². The zero-order valence-corrected chi connectivity index (χ0v) is 7.75. The Labute approximate surface area is 81.2 Å². The van der Waals surface area contributed by atoms with Crippen LogP contribution in [0.1, 0.15) is 24.0 Å². The van der Waals surface area contributed by atoms with E-state index >= 15 is 0 Å². The molecule has 0 saturated heterocycles. The highest BCUT2D eigenvalue weighted by atomic mass is 19.1. The van der Waals surface area contributed by atoms with Crippen molar-refractivity contribution in [1.29, 1.82) is 5.41 Å². The van der Waals surface area contributed by atoms with Crippen LogP contribution >= 0.6 is 0 Å².